The molecule has 6 nitrogen and oxygen atoms in total. The Morgan fingerprint density at radius 2 is 1.62 bits per heavy atom. The molecule has 0 bridgehead atoms. The quantitative estimate of drug-likeness (QED) is 0.490. The first-order valence-electron chi connectivity index (χ1n) is 5.08. The minimum atomic E-state index is -0.312. The first-order valence-corrected chi connectivity index (χ1v) is 5.08. The third-order valence-corrected chi connectivity index (χ3v) is 1.18. The van der Waals surface area contributed by atoms with Crippen molar-refractivity contribution in [1.82, 2.24) is 0 Å². The molecule has 16 heavy (non-hydrogen) atoms. The minimum absolute atomic E-state index is 0. The van der Waals surface area contributed by atoms with E-state index < -0.39 is 0 Å². The summed E-state index contributed by atoms with van der Waals surface area (Å²) in [6.45, 7) is 7.91. The zero-order valence-electron chi connectivity index (χ0n) is 10.3. The number of rotatable bonds is 7. The monoisotopic (exact) mass is 240 g/mol. The second kappa shape index (κ2) is 19.8. The van der Waals surface area contributed by atoms with Crippen LogP contribution in [0.4, 0.5) is 0 Å². The lowest BCUT2D eigenvalue weighted by Gasteiger charge is -2.01. The molecule has 0 aromatic rings. The van der Waals surface area contributed by atoms with Crippen LogP contribution in [-0.4, -0.2) is 56.2 Å². The van der Waals surface area contributed by atoms with Gasteiger partial charge in [0.1, 0.15) is 6.61 Å². The molecule has 0 unspecified atom stereocenters. The molecule has 0 aromatic carbocycles. The van der Waals surface area contributed by atoms with Gasteiger partial charge in [0.25, 0.3) is 0 Å². The highest BCUT2D eigenvalue weighted by molar-refractivity contribution is 5.65. The third-order valence-electron chi connectivity index (χ3n) is 1.18. The van der Waals surface area contributed by atoms with Crippen LogP contribution in [0.25, 0.3) is 0 Å². The third kappa shape index (κ3) is 29.2. The van der Waals surface area contributed by atoms with Crippen LogP contribution in [0.5, 0.6) is 0 Å². The van der Waals surface area contributed by atoms with E-state index in [1.54, 1.807) is 0 Å². The fourth-order valence-electron chi connectivity index (χ4n) is 0.615. The molecule has 0 radical (unpaired) electrons. The Morgan fingerprint density at radius 3 is 1.94 bits per heavy atom. The topological polar surface area (TPSA) is 96.5 Å². The van der Waals surface area contributed by atoms with Crippen LogP contribution in [0.1, 0.15) is 20.8 Å². The Labute approximate surface area is 96.8 Å². The van der Waals surface area contributed by atoms with Crippen LogP contribution in [0.3, 0.4) is 0 Å². The standard InChI is InChI=1S/C6H12O4.C4H10O.H2O/c1-6(8)10-5-4-9-3-2-7;1-3-5-4-2;/h7H,2-5H2,1H3;3-4H2,1-2H3;1H2. The van der Waals surface area contributed by atoms with Crippen molar-refractivity contribution in [3.8, 4) is 0 Å². The summed E-state index contributed by atoms with van der Waals surface area (Å²) in [7, 11) is 0. The number of ether oxygens (including phenoxy) is 3. The van der Waals surface area contributed by atoms with Gasteiger partial charge in [0, 0.05) is 20.1 Å². The smallest absolute Gasteiger partial charge is 0.302 e. The van der Waals surface area contributed by atoms with Gasteiger partial charge in [-0.15, -0.1) is 0 Å². The summed E-state index contributed by atoms with van der Waals surface area (Å²) in [6, 6.07) is 0. The Bertz CT molecular complexity index is 126. The van der Waals surface area contributed by atoms with Crippen molar-refractivity contribution in [3.05, 3.63) is 0 Å². The predicted octanol–water partition coefficient (Wildman–Crippen LogP) is -0.224. The van der Waals surface area contributed by atoms with Gasteiger partial charge in [0.05, 0.1) is 19.8 Å². The molecule has 6 heteroatoms. The van der Waals surface area contributed by atoms with E-state index in [1.165, 1.54) is 6.92 Å². The number of aliphatic hydroxyl groups is 1. The van der Waals surface area contributed by atoms with Crippen LogP contribution < -0.4 is 0 Å². The molecule has 0 saturated carbocycles. The van der Waals surface area contributed by atoms with E-state index in [9.17, 15) is 4.79 Å². The Hall–Kier alpha value is -0.690. The molecule has 0 fully saturated rings. The van der Waals surface area contributed by atoms with Crippen molar-refractivity contribution in [3.63, 3.8) is 0 Å². The molecule has 0 saturated heterocycles. The second-order valence-corrected chi connectivity index (χ2v) is 2.46. The van der Waals surface area contributed by atoms with E-state index in [-0.39, 0.29) is 24.7 Å². The summed E-state index contributed by atoms with van der Waals surface area (Å²) in [5, 5.41) is 8.24. The summed E-state index contributed by atoms with van der Waals surface area (Å²) in [5.41, 5.74) is 0. The summed E-state index contributed by atoms with van der Waals surface area (Å²) < 4.78 is 14.2. The molecule has 0 atom stereocenters. The molecule has 0 aliphatic heterocycles. The lowest BCUT2D eigenvalue weighted by molar-refractivity contribution is -0.142. The average molecular weight is 240 g/mol. The Morgan fingerprint density at radius 1 is 1.06 bits per heavy atom. The number of aliphatic hydroxyl groups excluding tert-OH is 1. The molecule has 100 valence electrons. The molecular weight excluding hydrogens is 216 g/mol. The molecule has 0 heterocycles. The molecular formula is C10H24O6. The van der Waals surface area contributed by atoms with Crippen LogP contribution in [0, 0.1) is 0 Å². The van der Waals surface area contributed by atoms with Crippen molar-refractivity contribution < 1.29 is 29.6 Å². The van der Waals surface area contributed by atoms with Crippen LogP contribution in [-0.2, 0) is 19.0 Å². The fourth-order valence-corrected chi connectivity index (χ4v) is 0.615. The van der Waals surface area contributed by atoms with Gasteiger partial charge in [-0.3, -0.25) is 4.79 Å². The Balaban J connectivity index is -0.000000242. The normalized spacial score (nSPS) is 8.50. The maximum absolute atomic E-state index is 10.1. The van der Waals surface area contributed by atoms with E-state index in [4.69, 9.17) is 14.6 Å². The first-order chi connectivity index (χ1) is 7.18. The predicted molar refractivity (Wildman–Crippen MR) is 60.3 cm³/mol. The Kier molecular flexibility index (Phi) is 25.6. The maximum Gasteiger partial charge on any atom is 0.302 e. The SMILES string of the molecule is CC(=O)OCCOCCO.CCOCC.O. The number of carbonyl (C=O) groups is 1. The molecule has 3 N–H and O–H groups in total. The zero-order chi connectivity index (χ0) is 11.9. The van der Waals surface area contributed by atoms with Gasteiger partial charge in [-0.2, -0.15) is 0 Å². The van der Waals surface area contributed by atoms with E-state index in [1.807, 2.05) is 13.8 Å². The molecule has 0 aromatic heterocycles. The summed E-state index contributed by atoms with van der Waals surface area (Å²) in [6.07, 6.45) is 0. The van der Waals surface area contributed by atoms with E-state index >= 15 is 0 Å². The lowest BCUT2D eigenvalue weighted by atomic mass is 10.7. The van der Waals surface area contributed by atoms with Gasteiger partial charge in [-0.25, -0.2) is 0 Å². The van der Waals surface area contributed by atoms with Crippen molar-refractivity contribution in [2.45, 2.75) is 20.8 Å². The summed E-state index contributed by atoms with van der Waals surface area (Å²) in [5.74, 6) is -0.312. The molecule has 0 spiro atoms. The van der Waals surface area contributed by atoms with E-state index in [2.05, 4.69) is 4.74 Å². The first kappa shape index (κ1) is 20.7. The van der Waals surface area contributed by atoms with Crippen LogP contribution in [0.2, 0.25) is 0 Å². The summed E-state index contributed by atoms with van der Waals surface area (Å²) >= 11 is 0. The molecule has 0 rings (SSSR count). The van der Waals surface area contributed by atoms with Gasteiger partial charge in [0.15, 0.2) is 0 Å². The van der Waals surface area contributed by atoms with Crippen LogP contribution in [0.15, 0.2) is 0 Å². The number of carbonyl (C=O) groups excluding carboxylic acids is 1. The maximum atomic E-state index is 10.1. The highest BCUT2D eigenvalue weighted by atomic mass is 16.6. The minimum Gasteiger partial charge on any atom is -0.463 e. The van der Waals surface area contributed by atoms with Gasteiger partial charge < -0.3 is 24.8 Å². The van der Waals surface area contributed by atoms with Crippen molar-refractivity contribution in [2.24, 2.45) is 0 Å². The highest BCUT2D eigenvalue weighted by Crippen LogP contribution is 1.78. The molecule has 0 amide bonds. The molecule has 0 aliphatic rings. The zero-order valence-corrected chi connectivity index (χ0v) is 10.3. The average Bonchev–Trinajstić information content (AvgIpc) is 2.19. The number of hydrogen-bond acceptors (Lipinski definition) is 5. The second-order valence-electron chi connectivity index (χ2n) is 2.46. The largest absolute Gasteiger partial charge is 0.463 e. The molecule has 0 aliphatic carbocycles. The van der Waals surface area contributed by atoms with Crippen molar-refractivity contribution in [2.75, 3.05) is 39.6 Å². The van der Waals surface area contributed by atoms with Gasteiger partial charge in [-0.05, 0) is 13.8 Å². The lowest BCUT2D eigenvalue weighted by Crippen LogP contribution is -2.09. The van der Waals surface area contributed by atoms with Gasteiger partial charge in [0.2, 0.25) is 0 Å². The number of hydrogen-bond donors (Lipinski definition) is 1. The van der Waals surface area contributed by atoms with Gasteiger partial charge in [-0.1, -0.05) is 0 Å². The highest BCUT2D eigenvalue weighted by Gasteiger charge is 1.90. The van der Waals surface area contributed by atoms with E-state index in [0.717, 1.165) is 13.2 Å². The number of esters is 1. The van der Waals surface area contributed by atoms with Crippen molar-refractivity contribution >= 4 is 5.97 Å². The fraction of sp³-hybridized carbons (Fsp3) is 0.900. The summed E-state index contributed by atoms with van der Waals surface area (Å²) in [4.78, 5) is 10.1. The van der Waals surface area contributed by atoms with Gasteiger partial charge >= 0.3 is 5.97 Å². The van der Waals surface area contributed by atoms with Crippen LogP contribution >= 0.6 is 0 Å². The van der Waals surface area contributed by atoms with Crippen molar-refractivity contribution in [1.29, 1.82) is 0 Å². The van der Waals surface area contributed by atoms with E-state index in [0.29, 0.717) is 13.2 Å².